The molecule has 4 aromatic heterocycles. The lowest BCUT2D eigenvalue weighted by Crippen LogP contribution is -2.42. The fourth-order valence-electron chi connectivity index (χ4n) is 10.7. The fraction of sp³-hybridized carbons (Fsp3) is 0.710. The molecule has 9 rings (SSSR count). The number of anilines is 4. The summed E-state index contributed by atoms with van der Waals surface area (Å²) in [6.07, 6.45) is -14.5. The van der Waals surface area contributed by atoms with Gasteiger partial charge in [-0.2, -0.15) is 46.5 Å². The van der Waals surface area contributed by atoms with Crippen LogP contribution in [0, 0.1) is 0 Å². The molecule has 60 heteroatoms. The Hall–Kier alpha value is -9.75. The number of carbonyl (C=O) groups is 8. The van der Waals surface area contributed by atoms with Crippen molar-refractivity contribution < 1.29 is 171 Å². The Morgan fingerprint density at radius 3 is 1.16 bits per heavy atom. The number of nitrogens with two attached hydrogens (primary N) is 2. The molecule has 52 nitrogen and oxygen atoms in total. The van der Waals surface area contributed by atoms with E-state index in [-0.39, 0.29) is 25.3 Å². The molecule has 0 amide bonds. The number of halogens is 3. The van der Waals surface area contributed by atoms with Crippen LogP contribution >= 0.6 is 0 Å². The van der Waals surface area contributed by atoms with Crippen LogP contribution in [0.3, 0.4) is 0 Å². The van der Waals surface area contributed by atoms with E-state index in [0.717, 1.165) is 21.8 Å². The third-order valence-electron chi connectivity index (χ3n) is 15.4. The SMILES string of the molecule is C.CC(=O)OC1[C@@H](OC(C)=O)[C@@H](CO)O[C@H]1n1cnc(N[Si](C)(C)C)nc1=O.CC[C@H]1OC(OC(C)=O)C(OC(C)=O)[C@H]1OC(C)=O.CC[C@H]1OC(OC(C)=O)C(OC(C)=O)[C@H]1OC(C)=O.C[Si](C)(C)Nc1ncnc(O[Si](C)(C)C)n1.C[Si](C)(C)OS(=O)(=O)C(F)(F)F.Nc1ncn([C@@H]2O[C@H](CO)[C@H](O)C2O)c(=O)n1.Nc1ncnc(=O)[nH]1.OC[C@H]1O[C@@H](O)C(O)[C@H]1O. The maximum atomic E-state index is 12.5. The number of H-pyrrole nitrogens is 1. The molecule has 129 heavy (non-hydrogen) atoms. The number of nitrogens with zero attached hydrogens (tertiary/aromatic N) is 11. The molecule has 9 heterocycles. The molecule has 0 radical (unpaired) electrons. The molecule has 5 aliphatic rings. The maximum Gasteiger partial charge on any atom is 0.522 e. The van der Waals surface area contributed by atoms with Gasteiger partial charge in [-0.1, -0.05) is 60.6 Å². The summed E-state index contributed by atoms with van der Waals surface area (Å²) in [6.45, 7) is 35.0. The molecule has 0 saturated carbocycles. The number of aromatic nitrogens is 12. The second-order valence-corrected chi connectivity index (χ2v) is 51.6. The minimum absolute atomic E-state index is 0. The normalized spacial score (nSPS) is 25.5. The van der Waals surface area contributed by atoms with E-state index in [1.807, 2.05) is 33.5 Å². The van der Waals surface area contributed by atoms with Crippen LogP contribution in [0.2, 0.25) is 78.6 Å². The zero-order valence-electron chi connectivity index (χ0n) is 74.0. The molecule has 20 atom stereocenters. The Morgan fingerprint density at radius 1 is 0.465 bits per heavy atom. The molecule has 0 aromatic carbocycles. The molecule has 15 N–H and O–H groups in total. The summed E-state index contributed by atoms with van der Waals surface area (Å²) >= 11 is 0. The van der Waals surface area contributed by atoms with Crippen molar-refractivity contribution in [2.45, 2.75) is 296 Å². The number of esters is 8. The zero-order chi connectivity index (χ0) is 98.4. The van der Waals surface area contributed by atoms with Crippen molar-refractivity contribution in [3.63, 3.8) is 0 Å². The van der Waals surface area contributed by atoms with Crippen LogP contribution < -0.4 is 42.9 Å². The molecule has 0 aliphatic carbocycles. The summed E-state index contributed by atoms with van der Waals surface area (Å²) in [7, 11) is -12.9. The smallest absolute Gasteiger partial charge is 0.518 e. The van der Waals surface area contributed by atoms with Crippen LogP contribution in [0.4, 0.5) is 37.0 Å². The number of hydrogen-bond acceptors (Lipinski definition) is 49. The van der Waals surface area contributed by atoms with E-state index < -0.39 is 256 Å². The number of rotatable bonds is 23. The average molecular weight is 1950 g/mol. The highest BCUT2D eigenvalue weighted by molar-refractivity contribution is 7.88. The maximum absolute atomic E-state index is 12.5. The molecule has 0 spiro atoms. The van der Waals surface area contributed by atoms with Gasteiger partial charge in [0.2, 0.25) is 65.2 Å². The molecular weight excluding hydrogens is 1830 g/mol. The van der Waals surface area contributed by atoms with E-state index in [1.54, 1.807) is 0 Å². The van der Waals surface area contributed by atoms with Crippen LogP contribution in [-0.2, 0) is 114 Å². The topological polar surface area (TPSA) is 740 Å². The Labute approximate surface area is 741 Å². The number of aromatic amines is 1. The molecule has 734 valence electrons. The standard InChI is InChI=1S/C15H24N4O7Si.2C12H18O7.C9H20N4OSi2.C8H12N4O5.C5H10O5.C4H9F3O3SSi.C3H4N4O.CH4/c1-8(21)24-11-10(6-20)26-13(12(11)25-9(2)22)19-7-16-14(17-15(19)23)18-27(3,4)5;2*1-5-9-10(16-6(2)13)11(17-7(3)14)12(19-9)18-8(4)15;1-15(2,3)13-8-10-7-11-9(12-8)14-16(4,5)6;9-7-10-2-12(8(16)11-7)6-5(15)4(14)3(1-13)17-6;6-1-2-3(7)4(8)5(9)10-2;1-12(2,3)10-11(8,9)4(5,6)7;4-2-5-1-6-3(8)7-2;/h7,10-13,20H,6H2,1-5H3,(H,17,18,23);2*9-12H,5H2,1-4H3;7H,1-6H3,(H,10,11,12,13);2-6,13-15H,1H2,(H2,9,11,16);2-9H,1H2;1-3H3;1H,(H3,4,5,6,7,8);1H4/t10-,11+,12?,13-;2*9-,10+,11?,12?;;3-,4+,5?,6-;2-,3+,4?,5-;;;/m111.11.../s1. The number of carbonyl (C=O) groups excluding carboxylic acids is 8. The van der Waals surface area contributed by atoms with Crippen molar-refractivity contribution >= 4 is 115 Å². The first kappa shape index (κ1) is 117. The van der Waals surface area contributed by atoms with Gasteiger partial charge >= 0.3 is 86.5 Å². The first-order chi connectivity index (χ1) is 58.8. The summed E-state index contributed by atoms with van der Waals surface area (Å²) in [5, 5.41) is 72.6. The lowest BCUT2D eigenvalue weighted by molar-refractivity contribution is -0.195. The monoisotopic (exact) mass is 1950 g/mol. The van der Waals surface area contributed by atoms with Gasteiger partial charge in [-0.3, -0.25) is 52.5 Å². The van der Waals surface area contributed by atoms with E-state index in [9.17, 15) is 89.6 Å². The molecule has 7 unspecified atom stereocenters. The van der Waals surface area contributed by atoms with Crippen molar-refractivity contribution in [2.24, 2.45) is 0 Å². The molecule has 0 bridgehead atoms. The summed E-state index contributed by atoms with van der Waals surface area (Å²) in [5.74, 6) is -3.92. The van der Waals surface area contributed by atoms with Gasteiger partial charge in [0.15, 0.2) is 43.2 Å². The number of ether oxygens (including phenoxy) is 13. The summed E-state index contributed by atoms with van der Waals surface area (Å²) in [4.78, 5) is 166. The first-order valence-electron chi connectivity index (χ1n) is 38.5. The highest BCUT2D eigenvalue weighted by Gasteiger charge is 2.54. The number of hydrogen-bond donors (Lipinski definition) is 13. The van der Waals surface area contributed by atoms with Crippen molar-refractivity contribution in [3.05, 3.63) is 56.8 Å². The molecule has 4 aromatic rings. The van der Waals surface area contributed by atoms with Gasteiger partial charge in [0.25, 0.3) is 0 Å². The van der Waals surface area contributed by atoms with Crippen LogP contribution in [0.15, 0.2) is 39.7 Å². The van der Waals surface area contributed by atoms with Crippen molar-refractivity contribution in [2.75, 3.05) is 41.3 Å². The van der Waals surface area contributed by atoms with Gasteiger partial charge < -0.3 is 132 Å². The van der Waals surface area contributed by atoms with Gasteiger partial charge in [-0.05, 0) is 52.1 Å². The first-order valence-corrected chi connectivity index (χ1v) is 53.7. The minimum atomic E-state index is -5.39. The van der Waals surface area contributed by atoms with Gasteiger partial charge in [0.1, 0.15) is 96.7 Å². The lowest BCUT2D eigenvalue weighted by atomic mass is 10.1. The van der Waals surface area contributed by atoms with Gasteiger partial charge in [-0.25, -0.2) is 34.3 Å². The predicted octanol–water partition coefficient (Wildman–Crippen LogP) is -1.61. The molecule has 5 fully saturated rings. The molecule has 5 saturated heterocycles. The van der Waals surface area contributed by atoms with Gasteiger partial charge in [0, 0.05) is 55.4 Å². The Kier molecular flexibility index (Phi) is 47.6. The number of nitrogen functional groups attached to an aromatic ring is 2. The minimum Gasteiger partial charge on any atom is -0.518 e. The van der Waals surface area contributed by atoms with Crippen LogP contribution in [0.25, 0.3) is 0 Å². The quantitative estimate of drug-likeness (QED) is 0.0172. The van der Waals surface area contributed by atoms with E-state index in [1.165, 1.54) is 87.7 Å². The van der Waals surface area contributed by atoms with E-state index in [4.69, 9.17) is 98.3 Å². The largest absolute Gasteiger partial charge is 0.522 e. The second-order valence-electron chi connectivity index (χ2n) is 31.4. The Morgan fingerprint density at radius 2 is 0.837 bits per heavy atom. The van der Waals surface area contributed by atoms with Crippen molar-refractivity contribution in [1.82, 2.24) is 59.0 Å². The van der Waals surface area contributed by atoms with Crippen molar-refractivity contribution in [1.29, 1.82) is 0 Å². The number of aliphatic hydroxyl groups excluding tert-OH is 8. The Bertz CT molecular complexity index is 4470. The van der Waals surface area contributed by atoms with E-state index >= 15 is 0 Å². The van der Waals surface area contributed by atoms with E-state index in [0.29, 0.717) is 24.8 Å². The van der Waals surface area contributed by atoms with Gasteiger partial charge in [0.05, 0.1) is 19.8 Å². The third kappa shape index (κ3) is 41.5. The summed E-state index contributed by atoms with van der Waals surface area (Å²) in [6, 6.07) is 0.426. The van der Waals surface area contributed by atoms with Gasteiger partial charge in [-0.15, -0.1) is 0 Å². The lowest BCUT2D eigenvalue weighted by Gasteiger charge is -2.23. The van der Waals surface area contributed by atoms with Crippen LogP contribution in [0.5, 0.6) is 6.01 Å². The van der Waals surface area contributed by atoms with Crippen LogP contribution in [0.1, 0.15) is 102 Å². The molecular formula is C69H119F3N16O36SSi4. The summed E-state index contributed by atoms with van der Waals surface area (Å²) < 4.78 is 134. The van der Waals surface area contributed by atoms with Crippen LogP contribution in [-0.4, -0.2) is 325 Å². The second kappa shape index (κ2) is 52.3. The van der Waals surface area contributed by atoms with Crippen molar-refractivity contribution in [3.8, 4) is 6.01 Å². The third-order valence-corrected chi connectivity index (χ3v) is 21.6. The summed E-state index contributed by atoms with van der Waals surface area (Å²) in [5.41, 5.74) is 3.03. The number of nitrogens with one attached hydrogen (secondary N) is 3. The van der Waals surface area contributed by atoms with E-state index in [2.05, 4.69) is 108 Å². The zero-order valence-corrected chi connectivity index (χ0v) is 78.8. The number of aliphatic hydroxyl groups is 8. The predicted molar refractivity (Wildman–Crippen MR) is 447 cm³/mol. The number of alkyl halides is 3. The molecule has 5 aliphatic heterocycles. The average Bonchev–Trinajstić information content (AvgIpc) is 1.64. The highest BCUT2D eigenvalue weighted by Crippen LogP contribution is 2.36. The fourth-order valence-corrected chi connectivity index (χ4v) is 16.0. The highest BCUT2D eigenvalue weighted by atomic mass is 32.2. The Balaban J connectivity index is 0.000000752.